The van der Waals surface area contributed by atoms with Crippen molar-refractivity contribution in [3.63, 3.8) is 0 Å². The zero-order valence-corrected chi connectivity index (χ0v) is 8.49. The fourth-order valence-corrected chi connectivity index (χ4v) is 1.70. The molecule has 0 atom stereocenters. The number of nitrogens with one attached hydrogen (secondary N) is 1. The van der Waals surface area contributed by atoms with Crippen molar-refractivity contribution in [3.8, 4) is 0 Å². The fourth-order valence-electron chi connectivity index (χ4n) is 1.70. The molecule has 0 saturated heterocycles. The number of hydrogen-bond acceptors (Lipinski definition) is 2. The summed E-state index contributed by atoms with van der Waals surface area (Å²) >= 11 is 0. The van der Waals surface area contributed by atoms with Gasteiger partial charge in [-0.15, -0.1) is 0 Å². The lowest BCUT2D eigenvalue weighted by Gasteiger charge is -2.11. The summed E-state index contributed by atoms with van der Waals surface area (Å²) in [4.78, 5) is 24.9. The summed E-state index contributed by atoms with van der Waals surface area (Å²) in [6.07, 6.45) is 7.84. The average molecular weight is 204 g/mol. The third-order valence-corrected chi connectivity index (χ3v) is 2.36. The topological polar surface area (TPSA) is 54.9 Å². The Labute approximate surface area is 86.6 Å². The number of rotatable bonds is 1. The molecule has 1 N–H and O–H groups in total. The average Bonchev–Trinajstić information content (AvgIpc) is 2.17. The molecule has 0 aliphatic heterocycles. The second kappa shape index (κ2) is 3.73. The standard InChI is InChI=1S/C11H12N2O2/c1-8-7-10(14)12-11(15)13(8)9-5-3-2-4-6-9/h3,5-7H,2,4H2,1H3,(H,12,14,15). The Morgan fingerprint density at radius 3 is 2.73 bits per heavy atom. The van der Waals surface area contributed by atoms with Crippen molar-refractivity contribution in [3.05, 3.63) is 50.8 Å². The summed E-state index contributed by atoms with van der Waals surface area (Å²) in [6.45, 7) is 1.75. The molecule has 0 unspecified atom stereocenters. The summed E-state index contributed by atoms with van der Waals surface area (Å²) in [7, 11) is 0. The van der Waals surface area contributed by atoms with Crippen molar-refractivity contribution in [2.24, 2.45) is 0 Å². The van der Waals surface area contributed by atoms with Crippen LogP contribution in [-0.4, -0.2) is 9.55 Å². The maximum absolute atomic E-state index is 11.6. The van der Waals surface area contributed by atoms with Crippen LogP contribution in [0.5, 0.6) is 0 Å². The Bertz CT molecular complexity index is 546. The highest BCUT2D eigenvalue weighted by atomic mass is 16.2. The van der Waals surface area contributed by atoms with Gasteiger partial charge in [0.15, 0.2) is 0 Å². The van der Waals surface area contributed by atoms with Crippen LogP contribution in [0, 0.1) is 6.92 Å². The van der Waals surface area contributed by atoms with Crippen LogP contribution in [0.1, 0.15) is 18.5 Å². The molecule has 0 bridgehead atoms. The molecule has 78 valence electrons. The first kappa shape index (κ1) is 9.71. The number of aromatic nitrogens is 2. The van der Waals surface area contributed by atoms with Crippen LogP contribution in [-0.2, 0) is 0 Å². The molecule has 1 aliphatic rings. The summed E-state index contributed by atoms with van der Waals surface area (Å²) < 4.78 is 1.51. The number of hydrogen-bond donors (Lipinski definition) is 1. The molecule has 1 aromatic rings. The molecule has 0 spiro atoms. The van der Waals surface area contributed by atoms with Gasteiger partial charge >= 0.3 is 5.69 Å². The van der Waals surface area contributed by atoms with E-state index in [4.69, 9.17) is 0 Å². The van der Waals surface area contributed by atoms with E-state index in [1.54, 1.807) is 6.92 Å². The zero-order chi connectivity index (χ0) is 10.8. The minimum absolute atomic E-state index is 0.353. The van der Waals surface area contributed by atoms with Gasteiger partial charge in [0.25, 0.3) is 5.56 Å². The van der Waals surface area contributed by atoms with Crippen molar-refractivity contribution in [1.29, 1.82) is 0 Å². The van der Waals surface area contributed by atoms with Crippen LogP contribution < -0.4 is 11.2 Å². The molecule has 0 saturated carbocycles. The number of aryl methyl sites for hydroxylation is 1. The monoisotopic (exact) mass is 204 g/mol. The first-order valence-corrected chi connectivity index (χ1v) is 4.88. The first-order chi connectivity index (χ1) is 7.18. The number of allylic oxidation sites excluding steroid dienone is 4. The van der Waals surface area contributed by atoms with Gasteiger partial charge in [-0.05, 0) is 25.8 Å². The number of nitrogens with zero attached hydrogens (tertiary/aromatic N) is 1. The highest BCUT2D eigenvalue weighted by molar-refractivity contribution is 5.58. The predicted octanol–water partition coefficient (Wildman–Crippen LogP) is 1.04. The summed E-state index contributed by atoms with van der Waals surface area (Å²) in [5, 5.41) is 0. The summed E-state index contributed by atoms with van der Waals surface area (Å²) in [5.74, 6) is 0. The zero-order valence-electron chi connectivity index (χ0n) is 8.49. The predicted molar refractivity (Wildman–Crippen MR) is 58.7 cm³/mol. The molecule has 1 aliphatic carbocycles. The highest BCUT2D eigenvalue weighted by Gasteiger charge is 2.06. The fraction of sp³-hybridized carbons (Fsp3) is 0.273. The van der Waals surface area contributed by atoms with Crippen LogP contribution in [0.15, 0.2) is 33.9 Å². The van der Waals surface area contributed by atoms with E-state index < -0.39 is 0 Å². The van der Waals surface area contributed by atoms with Gasteiger partial charge in [-0.1, -0.05) is 12.2 Å². The van der Waals surface area contributed by atoms with E-state index in [9.17, 15) is 9.59 Å². The van der Waals surface area contributed by atoms with Crippen LogP contribution in [0.2, 0.25) is 0 Å². The van der Waals surface area contributed by atoms with Crippen molar-refractivity contribution in [2.75, 3.05) is 0 Å². The molecule has 4 heteroatoms. The summed E-state index contributed by atoms with van der Waals surface area (Å²) in [5.41, 5.74) is 0.758. The van der Waals surface area contributed by atoms with Gasteiger partial charge in [-0.25, -0.2) is 4.79 Å². The highest BCUT2D eigenvalue weighted by Crippen LogP contribution is 2.13. The molecule has 0 radical (unpaired) electrons. The molecule has 0 aromatic carbocycles. The van der Waals surface area contributed by atoms with E-state index in [0.29, 0.717) is 5.69 Å². The van der Waals surface area contributed by atoms with Crippen LogP contribution in [0.4, 0.5) is 0 Å². The third kappa shape index (κ3) is 1.83. The molecule has 0 fully saturated rings. The smallest absolute Gasteiger partial charge is 0.274 e. The van der Waals surface area contributed by atoms with Gasteiger partial charge in [0, 0.05) is 17.5 Å². The lowest BCUT2D eigenvalue weighted by molar-refractivity contribution is 0.865. The van der Waals surface area contributed by atoms with E-state index >= 15 is 0 Å². The molecule has 4 nitrogen and oxygen atoms in total. The lowest BCUT2D eigenvalue weighted by Crippen LogP contribution is -2.30. The minimum Gasteiger partial charge on any atom is -0.274 e. The Hall–Kier alpha value is -1.84. The largest absolute Gasteiger partial charge is 0.333 e. The quantitative estimate of drug-likeness (QED) is 0.743. The Balaban J connectivity index is 2.63. The SMILES string of the molecule is Cc1cc(=O)[nH]c(=O)n1C1=CCCC=C1. The van der Waals surface area contributed by atoms with E-state index in [1.165, 1.54) is 10.6 Å². The van der Waals surface area contributed by atoms with Gasteiger partial charge in [0.1, 0.15) is 0 Å². The molecule has 15 heavy (non-hydrogen) atoms. The first-order valence-electron chi connectivity index (χ1n) is 4.88. The number of H-pyrrole nitrogens is 1. The maximum Gasteiger partial charge on any atom is 0.333 e. The normalized spacial score (nSPS) is 15.1. The second-order valence-corrected chi connectivity index (χ2v) is 3.52. The van der Waals surface area contributed by atoms with E-state index in [-0.39, 0.29) is 11.2 Å². The van der Waals surface area contributed by atoms with Crippen LogP contribution >= 0.6 is 0 Å². The Morgan fingerprint density at radius 1 is 1.33 bits per heavy atom. The molecule has 1 aromatic heterocycles. The van der Waals surface area contributed by atoms with Crippen molar-refractivity contribution >= 4 is 5.70 Å². The van der Waals surface area contributed by atoms with E-state index in [2.05, 4.69) is 4.98 Å². The molecule has 0 amide bonds. The van der Waals surface area contributed by atoms with Crippen LogP contribution in [0.25, 0.3) is 5.70 Å². The molecular weight excluding hydrogens is 192 g/mol. The number of aromatic amines is 1. The van der Waals surface area contributed by atoms with Gasteiger partial charge in [0.2, 0.25) is 0 Å². The van der Waals surface area contributed by atoms with E-state index in [1.807, 2.05) is 18.2 Å². The van der Waals surface area contributed by atoms with Crippen molar-refractivity contribution in [1.82, 2.24) is 9.55 Å². The summed E-state index contributed by atoms with van der Waals surface area (Å²) in [6, 6.07) is 1.42. The Morgan fingerprint density at radius 2 is 2.13 bits per heavy atom. The second-order valence-electron chi connectivity index (χ2n) is 3.52. The maximum atomic E-state index is 11.6. The van der Waals surface area contributed by atoms with E-state index in [0.717, 1.165) is 18.5 Å². The lowest BCUT2D eigenvalue weighted by atomic mass is 10.1. The van der Waals surface area contributed by atoms with Gasteiger partial charge in [-0.2, -0.15) is 0 Å². The van der Waals surface area contributed by atoms with Gasteiger partial charge in [-0.3, -0.25) is 14.3 Å². The molecule has 1 heterocycles. The molecular formula is C11H12N2O2. The van der Waals surface area contributed by atoms with Crippen molar-refractivity contribution < 1.29 is 0 Å². The minimum atomic E-state index is -0.377. The Kier molecular flexibility index (Phi) is 2.41. The third-order valence-electron chi connectivity index (χ3n) is 2.36. The van der Waals surface area contributed by atoms with Gasteiger partial charge in [0.05, 0.1) is 0 Å². The molecule has 2 rings (SSSR count). The van der Waals surface area contributed by atoms with Crippen LogP contribution in [0.3, 0.4) is 0 Å². The van der Waals surface area contributed by atoms with Crippen molar-refractivity contribution in [2.45, 2.75) is 19.8 Å². The van der Waals surface area contributed by atoms with Gasteiger partial charge < -0.3 is 0 Å².